The molecule has 17 heteroatoms. The number of hydrogen-bond donors (Lipinski definition) is 0. The van der Waals surface area contributed by atoms with E-state index in [1.54, 1.807) is 45.0 Å². The average molecular weight is 857 g/mol. The van der Waals surface area contributed by atoms with E-state index in [4.69, 9.17) is 56.8 Å². The van der Waals surface area contributed by atoms with Crippen LogP contribution in [0.3, 0.4) is 0 Å². The highest BCUT2D eigenvalue weighted by Gasteiger charge is 2.58. The Morgan fingerprint density at radius 1 is 0.656 bits per heavy atom. The zero-order valence-corrected chi connectivity index (χ0v) is 35.7. The lowest BCUT2D eigenvalue weighted by molar-refractivity contribution is -0.323. The molecule has 3 aliphatic heterocycles. The lowest BCUT2D eigenvalue weighted by Crippen LogP contribution is -2.63. The van der Waals surface area contributed by atoms with Crippen molar-refractivity contribution in [2.75, 3.05) is 41.3 Å². The molecule has 61 heavy (non-hydrogen) atoms. The van der Waals surface area contributed by atoms with E-state index in [1.807, 2.05) is 6.92 Å². The number of methoxy groups -OCH3 is 3. The summed E-state index contributed by atoms with van der Waals surface area (Å²) in [5.74, 6) is -3.17. The number of carbonyl (C=O) groups is 5. The van der Waals surface area contributed by atoms with E-state index in [1.165, 1.54) is 21.3 Å². The van der Waals surface area contributed by atoms with Gasteiger partial charge in [-0.05, 0) is 66.6 Å². The van der Waals surface area contributed by atoms with E-state index in [0.29, 0.717) is 71.1 Å². The maximum Gasteiger partial charge on any atom is 0.310 e. The van der Waals surface area contributed by atoms with Crippen LogP contribution in [-0.4, -0.2) is 102 Å². The summed E-state index contributed by atoms with van der Waals surface area (Å²) in [6.45, 7) is 6.68. The summed E-state index contributed by atoms with van der Waals surface area (Å²) in [4.78, 5) is 66.7. The number of esters is 5. The quantitative estimate of drug-likeness (QED) is 0.124. The predicted molar refractivity (Wildman–Crippen MR) is 211 cm³/mol. The van der Waals surface area contributed by atoms with E-state index in [0.717, 1.165) is 0 Å². The zero-order chi connectivity index (χ0) is 43.8. The molecule has 4 aliphatic rings. The summed E-state index contributed by atoms with van der Waals surface area (Å²) in [5, 5.41) is 0. The van der Waals surface area contributed by atoms with Crippen molar-refractivity contribution in [3.63, 3.8) is 0 Å². The average Bonchev–Trinajstić information content (AvgIpc) is 3.87. The summed E-state index contributed by atoms with van der Waals surface area (Å²) in [7, 11) is 4.49. The molecule has 1 aliphatic carbocycles. The van der Waals surface area contributed by atoms with Gasteiger partial charge in [-0.3, -0.25) is 24.0 Å². The molecule has 0 radical (unpaired) electrons. The third-order valence-electron chi connectivity index (χ3n) is 11.1. The van der Waals surface area contributed by atoms with Gasteiger partial charge in [0.25, 0.3) is 0 Å². The van der Waals surface area contributed by atoms with Crippen LogP contribution >= 0.6 is 0 Å². The van der Waals surface area contributed by atoms with Crippen molar-refractivity contribution in [2.24, 2.45) is 11.8 Å². The standard InChI is InChI=1S/C44H56O17/c1-8-12-32(45)53-21-31-40(58-33(46)13-9-2)41(59-34(47)14-10-3)42(60-35(48)15-11-4)44(57-31)61-38-25-19-28-27(55-22-56-28)18-24(25)36(37-26(38)20-54-43(37)49)23-16-29(50-5)39(52-7)30(17-23)51-6/h16-19,26,31,36-38,40-42,44H,8-15,20-22H2,1-7H3/t26-,31+,36+,37-,38+,40+,41-,42+,44+/m0/s1. The normalized spacial score (nSPS) is 26.0. The van der Waals surface area contributed by atoms with Crippen molar-refractivity contribution in [2.45, 2.75) is 122 Å². The van der Waals surface area contributed by atoms with Gasteiger partial charge in [-0.2, -0.15) is 0 Å². The molecule has 9 atom stereocenters. The second-order valence-electron chi connectivity index (χ2n) is 15.2. The van der Waals surface area contributed by atoms with Gasteiger partial charge in [0.1, 0.15) is 12.7 Å². The van der Waals surface area contributed by atoms with Crippen LogP contribution in [0.25, 0.3) is 0 Å². The number of carbonyl (C=O) groups excluding carboxylic acids is 5. The molecule has 0 aromatic heterocycles. The summed E-state index contributed by atoms with van der Waals surface area (Å²) in [5.41, 5.74) is 1.85. The van der Waals surface area contributed by atoms with Crippen molar-refractivity contribution in [3.05, 3.63) is 41.0 Å². The van der Waals surface area contributed by atoms with Gasteiger partial charge < -0.3 is 56.8 Å². The smallest absolute Gasteiger partial charge is 0.310 e. The lowest BCUT2D eigenvalue weighted by atomic mass is 9.66. The van der Waals surface area contributed by atoms with Gasteiger partial charge in [0, 0.05) is 37.5 Å². The number of fused-ring (bicyclic) bond motifs is 3. The largest absolute Gasteiger partial charge is 0.493 e. The van der Waals surface area contributed by atoms with E-state index >= 15 is 0 Å². The minimum absolute atomic E-state index is 0.001000. The zero-order valence-electron chi connectivity index (χ0n) is 35.7. The third kappa shape index (κ3) is 9.77. The first-order valence-corrected chi connectivity index (χ1v) is 20.9. The lowest BCUT2D eigenvalue weighted by Gasteiger charge is -2.47. The molecule has 2 saturated heterocycles. The Balaban J connectivity index is 1.50. The Hall–Kier alpha value is -5.29. The molecule has 2 aromatic rings. The molecule has 2 fully saturated rings. The molecular weight excluding hydrogens is 800 g/mol. The fourth-order valence-corrected chi connectivity index (χ4v) is 8.33. The van der Waals surface area contributed by atoms with Crippen LogP contribution in [0.1, 0.15) is 108 Å². The second kappa shape index (κ2) is 20.5. The van der Waals surface area contributed by atoms with Crippen LogP contribution in [0, 0.1) is 11.8 Å². The first-order chi connectivity index (χ1) is 29.5. The Morgan fingerprint density at radius 3 is 1.75 bits per heavy atom. The van der Waals surface area contributed by atoms with Crippen LogP contribution in [0.2, 0.25) is 0 Å². The highest BCUT2D eigenvalue weighted by Crippen LogP contribution is 2.57. The molecule has 3 heterocycles. The maximum atomic E-state index is 14.0. The SMILES string of the molecule is CCCC(=O)OC[C@H]1O[C@H](O[C@@H]2c3cc4c(cc3[C@@H](c3cc(OC)c(OC)c(OC)c3)[C@H]3C(=O)OC[C@@H]32)OCO4)[C@H](OC(=O)CCC)[C@@H](OC(=O)CCC)[C@@H]1OC(=O)CCC. The van der Waals surface area contributed by atoms with Gasteiger partial charge in [0.15, 0.2) is 47.6 Å². The monoisotopic (exact) mass is 856 g/mol. The molecule has 0 N–H and O–H groups in total. The summed E-state index contributed by atoms with van der Waals surface area (Å²) in [6, 6.07) is 7.11. The van der Waals surface area contributed by atoms with Gasteiger partial charge in [-0.15, -0.1) is 0 Å². The number of hydrogen-bond acceptors (Lipinski definition) is 17. The molecule has 0 amide bonds. The predicted octanol–water partition coefficient (Wildman–Crippen LogP) is 5.64. The fraction of sp³-hybridized carbons (Fsp3) is 0.614. The van der Waals surface area contributed by atoms with Crippen molar-refractivity contribution in [3.8, 4) is 28.7 Å². The molecular formula is C44H56O17. The molecule has 0 bridgehead atoms. The van der Waals surface area contributed by atoms with Crippen LogP contribution < -0.4 is 23.7 Å². The van der Waals surface area contributed by atoms with E-state index < -0.39 is 91.0 Å². The Bertz CT molecular complexity index is 1890. The first-order valence-electron chi connectivity index (χ1n) is 20.9. The summed E-state index contributed by atoms with van der Waals surface area (Å²) in [6.07, 6.45) is -6.19. The Kier molecular flexibility index (Phi) is 15.2. The van der Waals surface area contributed by atoms with E-state index in [-0.39, 0.29) is 39.1 Å². The van der Waals surface area contributed by atoms with Gasteiger partial charge in [-0.1, -0.05) is 27.7 Å². The van der Waals surface area contributed by atoms with Crippen molar-refractivity contribution in [1.82, 2.24) is 0 Å². The van der Waals surface area contributed by atoms with E-state index in [9.17, 15) is 24.0 Å². The molecule has 0 spiro atoms. The topological polar surface area (TPSA) is 196 Å². The molecule has 0 unspecified atom stereocenters. The summed E-state index contributed by atoms with van der Waals surface area (Å²) < 4.78 is 71.7. The molecule has 6 rings (SSSR count). The number of ether oxygens (including phenoxy) is 12. The van der Waals surface area contributed by atoms with Gasteiger partial charge >= 0.3 is 29.8 Å². The highest BCUT2D eigenvalue weighted by molar-refractivity contribution is 5.79. The summed E-state index contributed by atoms with van der Waals surface area (Å²) >= 11 is 0. The van der Waals surface area contributed by atoms with E-state index in [2.05, 4.69) is 0 Å². The number of rotatable bonds is 19. The molecule has 0 saturated carbocycles. The highest BCUT2D eigenvalue weighted by atomic mass is 16.7. The van der Waals surface area contributed by atoms with Crippen LogP contribution in [0.15, 0.2) is 24.3 Å². The van der Waals surface area contributed by atoms with Crippen molar-refractivity contribution in [1.29, 1.82) is 0 Å². The Morgan fingerprint density at radius 2 is 1.20 bits per heavy atom. The van der Waals surface area contributed by atoms with Gasteiger partial charge in [0.05, 0.1) is 40.0 Å². The minimum Gasteiger partial charge on any atom is -0.493 e. The van der Waals surface area contributed by atoms with Crippen LogP contribution in [-0.2, 0) is 57.1 Å². The number of cyclic esters (lactones) is 1. The van der Waals surface area contributed by atoms with Gasteiger partial charge in [0.2, 0.25) is 12.5 Å². The van der Waals surface area contributed by atoms with Gasteiger partial charge in [-0.25, -0.2) is 0 Å². The fourth-order valence-electron chi connectivity index (χ4n) is 8.33. The third-order valence-corrected chi connectivity index (χ3v) is 11.1. The van der Waals surface area contributed by atoms with Crippen molar-refractivity contribution < 1.29 is 80.8 Å². The van der Waals surface area contributed by atoms with Crippen LogP contribution in [0.5, 0.6) is 28.7 Å². The second-order valence-corrected chi connectivity index (χ2v) is 15.2. The minimum atomic E-state index is -1.53. The maximum absolute atomic E-state index is 14.0. The molecule has 334 valence electrons. The van der Waals surface area contributed by atoms with Crippen molar-refractivity contribution >= 4 is 29.8 Å². The molecule has 17 nitrogen and oxygen atoms in total. The van der Waals surface area contributed by atoms with Crippen LogP contribution in [0.4, 0.5) is 0 Å². The number of benzene rings is 2. The Labute approximate surface area is 354 Å². The molecule has 2 aromatic carbocycles. The first kappa shape index (κ1) is 45.2.